The Bertz CT molecular complexity index is 568. The van der Waals surface area contributed by atoms with Gasteiger partial charge in [-0.3, -0.25) is 4.98 Å². The topological polar surface area (TPSA) is 42.1 Å². The Hall–Kier alpha value is -1.55. The summed E-state index contributed by atoms with van der Waals surface area (Å²) in [7, 11) is 0. The van der Waals surface area contributed by atoms with Crippen LogP contribution in [-0.2, 0) is 13.1 Å². The molecule has 17 heavy (non-hydrogen) atoms. The van der Waals surface area contributed by atoms with Crippen LogP contribution < -0.4 is 10.6 Å². The lowest BCUT2D eigenvalue weighted by Crippen LogP contribution is -2.14. The second-order valence-electron chi connectivity index (χ2n) is 4.21. The number of hydrogen-bond donors (Lipinski definition) is 1. The molecule has 2 N–H and O–H groups in total. The molecule has 3 nitrogen and oxygen atoms in total. The van der Waals surface area contributed by atoms with E-state index in [1.165, 1.54) is 16.8 Å². The van der Waals surface area contributed by atoms with Gasteiger partial charge in [-0.15, -0.1) is 0 Å². The Labute approximate surface area is 108 Å². The fraction of sp³-hybridized carbons (Fsp3) is 0.154. The van der Waals surface area contributed by atoms with Crippen LogP contribution in [0.1, 0.15) is 11.1 Å². The van der Waals surface area contributed by atoms with Crippen LogP contribution in [0.3, 0.4) is 0 Å². The fourth-order valence-corrected chi connectivity index (χ4v) is 2.71. The molecule has 2 heterocycles. The lowest BCUT2D eigenvalue weighted by molar-refractivity contribution is 0.875. The molecule has 0 radical (unpaired) electrons. The van der Waals surface area contributed by atoms with Crippen molar-refractivity contribution in [2.75, 3.05) is 10.6 Å². The molecule has 0 unspecified atom stereocenters. The third-order valence-corrected chi connectivity index (χ3v) is 3.66. The van der Waals surface area contributed by atoms with E-state index in [1.807, 2.05) is 24.5 Å². The van der Waals surface area contributed by atoms with Crippen molar-refractivity contribution in [2.24, 2.45) is 0 Å². The summed E-state index contributed by atoms with van der Waals surface area (Å²) in [5.74, 6) is 0. The summed E-state index contributed by atoms with van der Waals surface area (Å²) in [4.78, 5) is 6.40. The van der Waals surface area contributed by atoms with Crippen molar-refractivity contribution < 1.29 is 0 Å². The van der Waals surface area contributed by atoms with E-state index in [-0.39, 0.29) is 0 Å². The second-order valence-corrected chi connectivity index (χ2v) is 5.07. The average Bonchev–Trinajstić information content (AvgIpc) is 2.72. The molecule has 86 valence electrons. The minimum atomic E-state index is 0.833. The first-order valence-electron chi connectivity index (χ1n) is 5.46. The van der Waals surface area contributed by atoms with Gasteiger partial charge in [0.1, 0.15) is 0 Å². The van der Waals surface area contributed by atoms with E-state index >= 15 is 0 Å². The summed E-state index contributed by atoms with van der Waals surface area (Å²) in [6.45, 7) is 1.83. The molecule has 0 bridgehead atoms. The van der Waals surface area contributed by atoms with E-state index in [2.05, 4.69) is 37.9 Å². The van der Waals surface area contributed by atoms with E-state index in [1.54, 1.807) is 0 Å². The number of halogens is 1. The van der Waals surface area contributed by atoms with E-state index < -0.39 is 0 Å². The number of nitrogens with two attached hydrogens (primary N) is 1. The van der Waals surface area contributed by atoms with Gasteiger partial charge in [0.15, 0.2) is 0 Å². The van der Waals surface area contributed by atoms with Crippen LogP contribution in [0.5, 0.6) is 0 Å². The average molecular weight is 290 g/mol. The number of fused-ring (bicyclic) bond motifs is 1. The molecule has 0 spiro atoms. The maximum Gasteiger partial charge on any atom is 0.0592 e. The molecule has 3 rings (SSSR count). The zero-order valence-electron chi connectivity index (χ0n) is 9.23. The summed E-state index contributed by atoms with van der Waals surface area (Å²) >= 11 is 3.54. The van der Waals surface area contributed by atoms with Crippen LogP contribution in [0.15, 0.2) is 41.1 Å². The first kappa shape index (κ1) is 10.6. The predicted molar refractivity (Wildman–Crippen MR) is 72.7 cm³/mol. The van der Waals surface area contributed by atoms with E-state index in [9.17, 15) is 0 Å². The van der Waals surface area contributed by atoms with Gasteiger partial charge in [0.25, 0.3) is 0 Å². The lowest BCUT2D eigenvalue weighted by atomic mass is 10.1. The Morgan fingerprint density at radius 1 is 1.18 bits per heavy atom. The molecule has 0 saturated carbocycles. The molecule has 2 aromatic rings. The minimum Gasteiger partial charge on any atom is -0.399 e. The summed E-state index contributed by atoms with van der Waals surface area (Å²) in [6, 6.07) is 8.16. The van der Waals surface area contributed by atoms with Crippen molar-refractivity contribution in [3.05, 3.63) is 52.3 Å². The predicted octanol–water partition coefficient (Wildman–Crippen LogP) is 2.95. The number of pyridine rings is 1. The van der Waals surface area contributed by atoms with Crippen LogP contribution in [0, 0.1) is 0 Å². The largest absolute Gasteiger partial charge is 0.399 e. The molecule has 0 saturated heterocycles. The number of rotatable bonds is 1. The van der Waals surface area contributed by atoms with E-state index in [0.717, 1.165) is 23.2 Å². The molecule has 0 aliphatic carbocycles. The summed E-state index contributed by atoms with van der Waals surface area (Å²) < 4.78 is 1.03. The number of aromatic nitrogens is 1. The van der Waals surface area contributed by atoms with Crippen molar-refractivity contribution in [1.29, 1.82) is 0 Å². The van der Waals surface area contributed by atoms with E-state index in [4.69, 9.17) is 5.73 Å². The van der Waals surface area contributed by atoms with Gasteiger partial charge >= 0.3 is 0 Å². The zero-order chi connectivity index (χ0) is 11.8. The highest BCUT2D eigenvalue weighted by Crippen LogP contribution is 2.33. The summed E-state index contributed by atoms with van der Waals surface area (Å²) in [5, 5.41) is 0. The third kappa shape index (κ3) is 1.89. The molecule has 1 aliphatic heterocycles. The van der Waals surface area contributed by atoms with Gasteiger partial charge in [-0.05, 0) is 45.3 Å². The monoisotopic (exact) mass is 289 g/mol. The van der Waals surface area contributed by atoms with Crippen molar-refractivity contribution >= 4 is 27.3 Å². The molecule has 0 atom stereocenters. The smallest absolute Gasteiger partial charge is 0.0592 e. The van der Waals surface area contributed by atoms with Crippen molar-refractivity contribution in [1.82, 2.24) is 4.98 Å². The molecule has 1 aromatic carbocycles. The maximum absolute atomic E-state index is 5.81. The first-order chi connectivity index (χ1) is 8.24. The van der Waals surface area contributed by atoms with E-state index in [0.29, 0.717) is 0 Å². The second kappa shape index (κ2) is 4.04. The molecule has 0 amide bonds. The minimum absolute atomic E-state index is 0.833. The highest BCUT2D eigenvalue weighted by molar-refractivity contribution is 9.10. The Kier molecular flexibility index (Phi) is 2.52. The van der Waals surface area contributed by atoms with Crippen LogP contribution in [0.4, 0.5) is 11.4 Å². The highest BCUT2D eigenvalue weighted by atomic mass is 79.9. The van der Waals surface area contributed by atoms with Gasteiger partial charge in [0.05, 0.1) is 10.2 Å². The zero-order valence-corrected chi connectivity index (χ0v) is 10.8. The van der Waals surface area contributed by atoms with Crippen LogP contribution in [0.25, 0.3) is 0 Å². The highest BCUT2D eigenvalue weighted by Gasteiger charge is 2.20. The number of anilines is 2. The Morgan fingerprint density at radius 2 is 2.00 bits per heavy atom. The Morgan fingerprint density at radius 3 is 2.82 bits per heavy atom. The van der Waals surface area contributed by atoms with Crippen LogP contribution >= 0.6 is 15.9 Å². The van der Waals surface area contributed by atoms with Gasteiger partial charge in [-0.2, -0.15) is 0 Å². The van der Waals surface area contributed by atoms with Gasteiger partial charge in [-0.1, -0.05) is 6.07 Å². The van der Waals surface area contributed by atoms with Gasteiger partial charge in [-0.25, -0.2) is 0 Å². The number of hydrogen-bond acceptors (Lipinski definition) is 3. The number of nitrogen functional groups attached to an aromatic ring is 1. The number of nitrogens with zero attached hydrogens (tertiary/aromatic N) is 2. The molecule has 1 aliphatic rings. The lowest BCUT2D eigenvalue weighted by Gasteiger charge is -2.18. The maximum atomic E-state index is 5.81. The van der Waals surface area contributed by atoms with Crippen molar-refractivity contribution in [2.45, 2.75) is 13.1 Å². The van der Waals surface area contributed by atoms with Crippen molar-refractivity contribution in [3.63, 3.8) is 0 Å². The quantitative estimate of drug-likeness (QED) is 0.821. The molecular weight excluding hydrogens is 278 g/mol. The van der Waals surface area contributed by atoms with Gasteiger partial charge < -0.3 is 10.6 Å². The standard InChI is InChI=1S/C13H12BrN3/c14-12-6-16-4-3-13(12)17-7-9-1-2-11(15)5-10(9)8-17/h1-6H,7-8,15H2. The molecule has 0 fully saturated rings. The van der Waals surface area contributed by atoms with Crippen molar-refractivity contribution in [3.8, 4) is 0 Å². The third-order valence-electron chi connectivity index (χ3n) is 3.04. The normalized spacial score (nSPS) is 13.8. The molecule has 1 aromatic heterocycles. The fourth-order valence-electron chi connectivity index (χ4n) is 2.21. The molecular formula is C13H12BrN3. The SMILES string of the molecule is Nc1ccc2c(c1)CN(c1ccncc1Br)C2. The first-order valence-corrected chi connectivity index (χ1v) is 6.25. The van der Waals surface area contributed by atoms with Gasteiger partial charge in [0, 0.05) is 31.2 Å². The summed E-state index contributed by atoms with van der Waals surface area (Å²) in [5.41, 5.74) is 10.5. The van der Waals surface area contributed by atoms with Gasteiger partial charge in [0.2, 0.25) is 0 Å². The van der Waals surface area contributed by atoms with Crippen LogP contribution in [-0.4, -0.2) is 4.98 Å². The van der Waals surface area contributed by atoms with Crippen LogP contribution in [0.2, 0.25) is 0 Å². The molecule has 4 heteroatoms. The summed E-state index contributed by atoms with van der Waals surface area (Å²) in [6.07, 6.45) is 3.64. The Balaban J connectivity index is 1.94. The number of benzene rings is 1.